The molecule has 0 bridgehead atoms. The number of hydrogen-bond acceptors (Lipinski definition) is 5. The number of nitrogens with one attached hydrogen (secondary N) is 1. The van der Waals surface area contributed by atoms with Crippen LogP contribution in [0, 0.1) is 11.8 Å². The lowest BCUT2D eigenvalue weighted by atomic mass is 9.90. The zero-order chi connectivity index (χ0) is 21.5. The van der Waals surface area contributed by atoms with Crippen molar-refractivity contribution >= 4 is 23.1 Å². The van der Waals surface area contributed by atoms with Gasteiger partial charge in [-0.15, -0.1) is 0 Å². The van der Waals surface area contributed by atoms with E-state index in [1.807, 2.05) is 40.7 Å². The van der Waals surface area contributed by atoms with Crippen molar-refractivity contribution < 1.29 is 14.3 Å². The Morgan fingerprint density at radius 3 is 2.21 bits per heavy atom. The molecule has 1 aromatic carbocycles. The molecule has 0 unspecified atom stereocenters. The van der Waals surface area contributed by atoms with Crippen molar-refractivity contribution in [1.82, 2.24) is 0 Å². The maximum Gasteiger partial charge on any atom is 0.309 e. The van der Waals surface area contributed by atoms with Gasteiger partial charge in [0.25, 0.3) is 0 Å². The average Bonchev–Trinajstić information content (AvgIpc) is 2.58. The SMILES string of the molecule is CCC(CC)Nc1ccc(C(=O)C[C@@H](CC(C)C)C(=O)OC(C)(C)C)cc1N. The highest BCUT2D eigenvalue weighted by atomic mass is 16.6. The van der Waals surface area contributed by atoms with Gasteiger partial charge >= 0.3 is 5.97 Å². The predicted octanol–water partition coefficient (Wildman–Crippen LogP) is 5.45. The molecule has 1 rings (SSSR count). The van der Waals surface area contributed by atoms with Gasteiger partial charge in [-0.25, -0.2) is 0 Å². The Kier molecular flexibility index (Phi) is 8.99. The number of benzene rings is 1. The summed E-state index contributed by atoms with van der Waals surface area (Å²) in [7, 11) is 0. The summed E-state index contributed by atoms with van der Waals surface area (Å²) < 4.78 is 5.52. The molecule has 0 spiro atoms. The molecule has 158 valence electrons. The van der Waals surface area contributed by atoms with Crippen LogP contribution in [0.15, 0.2) is 18.2 Å². The molecule has 0 saturated heterocycles. The fourth-order valence-corrected chi connectivity index (χ4v) is 3.14. The molecule has 28 heavy (non-hydrogen) atoms. The Hall–Kier alpha value is -2.04. The lowest BCUT2D eigenvalue weighted by molar-refractivity contribution is -0.160. The van der Waals surface area contributed by atoms with Gasteiger partial charge in [0.05, 0.1) is 17.3 Å². The molecule has 0 aliphatic heterocycles. The summed E-state index contributed by atoms with van der Waals surface area (Å²) in [6, 6.07) is 5.69. The maximum absolute atomic E-state index is 12.8. The molecule has 1 atom stereocenters. The summed E-state index contributed by atoms with van der Waals surface area (Å²) >= 11 is 0. The third kappa shape index (κ3) is 7.91. The number of esters is 1. The van der Waals surface area contributed by atoms with Gasteiger partial charge in [0.1, 0.15) is 5.60 Å². The van der Waals surface area contributed by atoms with E-state index in [0.29, 0.717) is 29.6 Å². The Morgan fingerprint density at radius 2 is 1.75 bits per heavy atom. The van der Waals surface area contributed by atoms with E-state index in [-0.39, 0.29) is 18.2 Å². The summed E-state index contributed by atoms with van der Waals surface area (Å²) in [5.74, 6) is -0.552. The van der Waals surface area contributed by atoms with Crippen LogP contribution in [0.25, 0.3) is 0 Å². The number of nitrogens with two attached hydrogens (primary N) is 1. The molecule has 0 aromatic heterocycles. The van der Waals surface area contributed by atoms with Crippen LogP contribution in [0.5, 0.6) is 0 Å². The van der Waals surface area contributed by atoms with E-state index < -0.39 is 11.5 Å². The van der Waals surface area contributed by atoms with Crippen LogP contribution in [0.1, 0.15) is 84.5 Å². The van der Waals surface area contributed by atoms with Crippen LogP contribution < -0.4 is 11.1 Å². The van der Waals surface area contributed by atoms with Crippen molar-refractivity contribution in [3.8, 4) is 0 Å². The van der Waals surface area contributed by atoms with E-state index in [0.717, 1.165) is 18.5 Å². The summed E-state index contributed by atoms with van der Waals surface area (Å²) in [4.78, 5) is 25.4. The van der Waals surface area contributed by atoms with Crippen LogP contribution in [-0.2, 0) is 9.53 Å². The van der Waals surface area contributed by atoms with E-state index in [1.54, 1.807) is 12.1 Å². The van der Waals surface area contributed by atoms with Crippen molar-refractivity contribution in [2.75, 3.05) is 11.1 Å². The smallest absolute Gasteiger partial charge is 0.309 e. The van der Waals surface area contributed by atoms with Gasteiger partial charge in [0.15, 0.2) is 5.78 Å². The van der Waals surface area contributed by atoms with E-state index in [2.05, 4.69) is 19.2 Å². The largest absolute Gasteiger partial charge is 0.460 e. The van der Waals surface area contributed by atoms with E-state index in [1.165, 1.54) is 0 Å². The number of hydrogen-bond donors (Lipinski definition) is 2. The molecule has 0 aliphatic rings. The minimum Gasteiger partial charge on any atom is -0.460 e. The van der Waals surface area contributed by atoms with E-state index in [4.69, 9.17) is 10.5 Å². The average molecular weight is 391 g/mol. The molecular weight excluding hydrogens is 352 g/mol. The molecule has 0 amide bonds. The molecular formula is C23H38N2O3. The van der Waals surface area contributed by atoms with Crippen molar-refractivity contribution in [3.05, 3.63) is 23.8 Å². The Balaban J connectivity index is 2.92. The van der Waals surface area contributed by atoms with Crippen molar-refractivity contribution in [3.63, 3.8) is 0 Å². The number of rotatable bonds is 10. The first kappa shape index (κ1) is 24.0. The number of carbonyl (C=O) groups is 2. The summed E-state index contributed by atoms with van der Waals surface area (Å²) in [6.45, 7) is 13.8. The molecule has 3 N–H and O–H groups in total. The highest BCUT2D eigenvalue weighted by Gasteiger charge is 2.28. The van der Waals surface area contributed by atoms with Gasteiger partial charge in [-0.3, -0.25) is 9.59 Å². The summed E-state index contributed by atoms with van der Waals surface area (Å²) in [5, 5.41) is 3.41. The Bertz CT molecular complexity index is 658. The minimum atomic E-state index is -0.567. The standard InChI is InChI=1S/C23H38N2O3/c1-8-18(9-2)25-20-11-10-16(13-19(20)24)21(26)14-17(12-15(3)4)22(27)28-23(5,6)7/h10-11,13,15,17-18,25H,8-9,12,14,24H2,1-7H3/t17-/m1/s1. The van der Waals surface area contributed by atoms with Gasteiger partial charge < -0.3 is 15.8 Å². The molecule has 0 radical (unpaired) electrons. The first-order valence-electron chi connectivity index (χ1n) is 10.4. The fraction of sp³-hybridized carbons (Fsp3) is 0.652. The lowest BCUT2D eigenvalue weighted by Crippen LogP contribution is -2.30. The molecule has 0 fully saturated rings. The highest BCUT2D eigenvalue weighted by molar-refractivity contribution is 5.99. The Labute approximate surface area is 170 Å². The first-order chi connectivity index (χ1) is 13.0. The first-order valence-corrected chi connectivity index (χ1v) is 10.4. The molecule has 0 heterocycles. The Morgan fingerprint density at radius 1 is 1.14 bits per heavy atom. The van der Waals surface area contributed by atoms with Crippen LogP contribution in [0.3, 0.4) is 0 Å². The zero-order valence-electron chi connectivity index (χ0n) is 18.6. The fourth-order valence-electron chi connectivity index (χ4n) is 3.14. The second kappa shape index (κ2) is 10.5. The van der Waals surface area contributed by atoms with Gasteiger partial charge in [-0.05, 0) is 64.2 Å². The lowest BCUT2D eigenvalue weighted by Gasteiger charge is -2.24. The van der Waals surface area contributed by atoms with Crippen molar-refractivity contribution in [2.24, 2.45) is 11.8 Å². The quantitative estimate of drug-likeness (QED) is 0.315. The van der Waals surface area contributed by atoms with Crippen molar-refractivity contribution in [1.29, 1.82) is 0 Å². The molecule has 1 aromatic rings. The molecule has 5 nitrogen and oxygen atoms in total. The van der Waals surface area contributed by atoms with Gasteiger partial charge in [-0.2, -0.15) is 0 Å². The second-order valence-corrected chi connectivity index (χ2v) is 8.95. The number of ether oxygens (including phenoxy) is 1. The number of carbonyl (C=O) groups excluding carboxylic acids is 2. The molecule has 0 aliphatic carbocycles. The van der Waals surface area contributed by atoms with Crippen molar-refractivity contribution in [2.45, 2.75) is 85.8 Å². The normalized spacial score (nSPS) is 12.9. The van der Waals surface area contributed by atoms with Crippen LogP contribution in [0.4, 0.5) is 11.4 Å². The second-order valence-electron chi connectivity index (χ2n) is 8.95. The van der Waals surface area contributed by atoms with Crippen LogP contribution in [-0.4, -0.2) is 23.4 Å². The molecule has 5 heteroatoms. The van der Waals surface area contributed by atoms with Crippen LogP contribution >= 0.6 is 0 Å². The minimum absolute atomic E-state index is 0.0858. The van der Waals surface area contributed by atoms with Crippen LogP contribution in [0.2, 0.25) is 0 Å². The predicted molar refractivity (Wildman–Crippen MR) is 117 cm³/mol. The number of anilines is 2. The molecule has 0 saturated carbocycles. The highest BCUT2D eigenvalue weighted by Crippen LogP contribution is 2.26. The zero-order valence-corrected chi connectivity index (χ0v) is 18.6. The topological polar surface area (TPSA) is 81.4 Å². The van der Waals surface area contributed by atoms with Gasteiger partial charge in [0, 0.05) is 18.0 Å². The van der Waals surface area contributed by atoms with Gasteiger partial charge in [-0.1, -0.05) is 27.7 Å². The number of ketones is 1. The third-order valence-corrected chi connectivity index (χ3v) is 4.65. The van der Waals surface area contributed by atoms with E-state index >= 15 is 0 Å². The summed E-state index contributed by atoms with van der Waals surface area (Å²) in [5.41, 5.74) is 7.53. The number of Topliss-reactive ketones (excluding diaryl/α,β-unsaturated/α-hetero) is 1. The number of nitrogen functional groups attached to an aromatic ring is 1. The third-order valence-electron chi connectivity index (χ3n) is 4.65. The summed E-state index contributed by atoms with van der Waals surface area (Å²) in [6.07, 6.45) is 2.75. The monoisotopic (exact) mass is 390 g/mol. The van der Waals surface area contributed by atoms with E-state index in [9.17, 15) is 9.59 Å². The van der Waals surface area contributed by atoms with Gasteiger partial charge in [0.2, 0.25) is 0 Å². The maximum atomic E-state index is 12.8.